The van der Waals surface area contributed by atoms with Gasteiger partial charge in [-0.25, -0.2) is 9.78 Å². The first-order chi connectivity index (χ1) is 13.7. The van der Waals surface area contributed by atoms with Gasteiger partial charge in [0.2, 0.25) is 0 Å². The topological polar surface area (TPSA) is 123 Å². The number of anilines is 1. The Morgan fingerprint density at radius 1 is 1.17 bits per heavy atom. The first-order valence-corrected chi connectivity index (χ1v) is 9.31. The van der Waals surface area contributed by atoms with E-state index in [1.54, 1.807) is 12.1 Å². The van der Waals surface area contributed by atoms with E-state index in [9.17, 15) is 14.7 Å². The quantitative estimate of drug-likeness (QED) is 0.466. The number of phenols is 1. The van der Waals surface area contributed by atoms with Gasteiger partial charge in [0.15, 0.2) is 5.78 Å². The molecule has 0 fully saturated rings. The molecule has 3 aromatic rings. The van der Waals surface area contributed by atoms with Crippen molar-refractivity contribution in [3.05, 3.63) is 68.7 Å². The molecule has 0 radical (unpaired) electrons. The van der Waals surface area contributed by atoms with Crippen LogP contribution in [-0.2, 0) is 0 Å². The highest BCUT2D eigenvalue weighted by Gasteiger charge is 2.22. The van der Waals surface area contributed by atoms with Crippen molar-refractivity contribution >= 4 is 45.1 Å². The summed E-state index contributed by atoms with van der Waals surface area (Å²) in [6.45, 7) is 0. The molecule has 0 aliphatic heterocycles. The van der Waals surface area contributed by atoms with E-state index in [1.807, 2.05) is 0 Å². The first-order valence-electron chi connectivity index (χ1n) is 8.14. The fourth-order valence-electron chi connectivity index (χ4n) is 2.75. The summed E-state index contributed by atoms with van der Waals surface area (Å²) >= 11 is 9.58. The molecule has 9 heteroatoms. The molecule has 4 N–H and O–H groups in total. The number of rotatable bonds is 5. The number of benzene rings is 2. The number of phenolic OH excluding ortho intramolecular Hbond substituents is 1. The maximum atomic E-state index is 13.1. The summed E-state index contributed by atoms with van der Waals surface area (Å²) in [5.74, 6) is -1.70. The van der Waals surface area contributed by atoms with Gasteiger partial charge in [-0.2, -0.15) is 0 Å². The van der Waals surface area contributed by atoms with Crippen LogP contribution in [0.4, 0.5) is 5.82 Å². The predicted octanol–water partition coefficient (Wildman–Crippen LogP) is 4.39. The number of nitrogens with zero attached hydrogens (tertiary/aromatic N) is 1. The molecule has 2 aromatic carbocycles. The van der Waals surface area contributed by atoms with E-state index < -0.39 is 11.8 Å². The summed E-state index contributed by atoms with van der Waals surface area (Å²) in [6, 6.07) is 10.2. The number of halogens is 2. The molecule has 1 aromatic heterocycles. The third-order valence-corrected chi connectivity index (χ3v) is 5.48. The smallest absolute Gasteiger partial charge is 0.339 e. The lowest BCUT2D eigenvalue weighted by Gasteiger charge is -2.12. The molecule has 0 spiro atoms. The lowest BCUT2D eigenvalue weighted by molar-refractivity contribution is 0.0697. The molecule has 0 aliphatic carbocycles. The Hall–Kier alpha value is -3.10. The van der Waals surface area contributed by atoms with Crippen molar-refractivity contribution in [2.24, 2.45) is 0 Å². The number of nitrogen functional groups attached to an aromatic ring is 1. The van der Waals surface area contributed by atoms with Gasteiger partial charge >= 0.3 is 5.97 Å². The van der Waals surface area contributed by atoms with Crippen LogP contribution in [0.15, 0.2) is 46.9 Å². The number of carboxylic acids is 1. The van der Waals surface area contributed by atoms with Crippen molar-refractivity contribution in [3.8, 4) is 22.8 Å². The number of methoxy groups -OCH3 is 1. The summed E-state index contributed by atoms with van der Waals surface area (Å²) in [7, 11) is 1.43. The van der Waals surface area contributed by atoms with E-state index in [2.05, 4.69) is 20.9 Å². The van der Waals surface area contributed by atoms with Crippen molar-refractivity contribution in [2.75, 3.05) is 12.8 Å². The van der Waals surface area contributed by atoms with Crippen molar-refractivity contribution in [1.29, 1.82) is 0 Å². The average molecular weight is 478 g/mol. The Bertz CT molecular complexity index is 1150. The van der Waals surface area contributed by atoms with Crippen LogP contribution in [0.25, 0.3) is 11.3 Å². The zero-order valence-electron chi connectivity index (χ0n) is 14.9. The van der Waals surface area contributed by atoms with Crippen LogP contribution < -0.4 is 10.5 Å². The number of hydrogen-bond acceptors (Lipinski definition) is 6. The lowest BCUT2D eigenvalue weighted by Crippen LogP contribution is -2.07. The minimum Gasteiger partial charge on any atom is -0.507 e. The summed E-state index contributed by atoms with van der Waals surface area (Å²) in [4.78, 5) is 28.3. The van der Waals surface area contributed by atoms with Crippen LogP contribution in [0.5, 0.6) is 11.5 Å². The molecule has 0 saturated carbocycles. The van der Waals surface area contributed by atoms with Gasteiger partial charge in [0.1, 0.15) is 22.9 Å². The largest absolute Gasteiger partial charge is 0.507 e. The fraction of sp³-hybridized carbons (Fsp3) is 0.0500. The normalized spacial score (nSPS) is 10.6. The monoisotopic (exact) mass is 476 g/mol. The fourth-order valence-corrected chi connectivity index (χ4v) is 3.32. The third kappa shape index (κ3) is 3.90. The van der Waals surface area contributed by atoms with Crippen molar-refractivity contribution in [2.45, 2.75) is 0 Å². The highest BCUT2D eigenvalue weighted by atomic mass is 79.9. The van der Waals surface area contributed by atoms with Gasteiger partial charge in [-0.3, -0.25) is 4.79 Å². The van der Waals surface area contributed by atoms with Gasteiger partial charge in [0.25, 0.3) is 0 Å². The van der Waals surface area contributed by atoms with E-state index >= 15 is 0 Å². The van der Waals surface area contributed by atoms with Crippen LogP contribution in [0, 0.1) is 0 Å². The minimum absolute atomic E-state index is 0.149. The first kappa shape index (κ1) is 20.6. The number of pyridine rings is 1. The Morgan fingerprint density at radius 3 is 2.52 bits per heavy atom. The Labute approximate surface area is 178 Å². The van der Waals surface area contributed by atoms with Gasteiger partial charge in [-0.1, -0.05) is 11.6 Å². The van der Waals surface area contributed by atoms with Crippen molar-refractivity contribution in [1.82, 2.24) is 4.98 Å². The molecule has 7 nitrogen and oxygen atoms in total. The number of ether oxygens (including phenoxy) is 1. The van der Waals surface area contributed by atoms with E-state index in [0.29, 0.717) is 10.2 Å². The Balaban J connectivity index is 2.11. The maximum Gasteiger partial charge on any atom is 0.339 e. The number of carbonyl (C=O) groups excluding carboxylic acids is 1. The van der Waals surface area contributed by atoms with E-state index in [-0.39, 0.29) is 44.5 Å². The summed E-state index contributed by atoms with van der Waals surface area (Å²) < 4.78 is 5.78. The number of nitrogens with two attached hydrogens (primary N) is 1. The molecule has 0 atom stereocenters. The van der Waals surface area contributed by atoms with Crippen molar-refractivity contribution in [3.63, 3.8) is 0 Å². The van der Waals surface area contributed by atoms with Crippen LogP contribution in [0.1, 0.15) is 26.3 Å². The van der Waals surface area contributed by atoms with Crippen LogP contribution in [0.2, 0.25) is 5.02 Å². The summed E-state index contributed by atoms with van der Waals surface area (Å²) in [6.07, 6.45) is 0. The Kier molecular flexibility index (Phi) is 5.76. The molecule has 0 amide bonds. The molecule has 148 valence electrons. The average Bonchev–Trinajstić information content (AvgIpc) is 2.69. The SMILES string of the molecule is COc1ccc(Br)c(Cl)c1C(=O)c1ccc(O)c(-c2ccc(C(=O)O)c(N)n2)c1. The van der Waals surface area contributed by atoms with Gasteiger partial charge in [0.05, 0.1) is 23.4 Å². The molecular weight excluding hydrogens is 464 g/mol. The zero-order chi connectivity index (χ0) is 21.3. The molecule has 29 heavy (non-hydrogen) atoms. The molecule has 3 rings (SSSR count). The standard InChI is InChI=1S/C20H14BrClN2O5/c1-29-15-7-4-12(21)17(22)16(15)18(26)9-2-6-14(25)11(8-9)13-5-3-10(20(27)28)19(23)24-13/h2-8,25H,1H3,(H2,23,24)(H,27,28). The molecule has 0 unspecified atom stereocenters. The van der Waals surface area contributed by atoms with Crippen LogP contribution in [0.3, 0.4) is 0 Å². The number of hydrogen-bond donors (Lipinski definition) is 3. The number of aromatic nitrogens is 1. The second-order valence-electron chi connectivity index (χ2n) is 5.93. The number of aromatic carboxylic acids is 1. The minimum atomic E-state index is -1.22. The maximum absolute atomic E-state index is 13.1. The third-order valence-electron chi connectivity index (χ3n) is 4.19. The molecule has 1 heterocycles. The molecular formula is C20H14BrClN2O5. The number of ketones is 1. The second kappa shape index (κ2) is 8.10. The number of carbonyl (C=O) groups is 2. The highest BCUT2D eigenvalue weighted by molar-refractivity contribution is 9.10. The van der Waals surface area contributed by atoms with E-state index in [0.717, 1.165) is 0 Å². The van der Waals surface area contributed by atoms with Gasteiger partial charge < -0.3 is 20.7 Å². The predicted molar refractivity (Wildman–Crippen MR) is 112 cm³/mol. The van der Waals surface area contributed by atoms with Crippen molar-refractivity contribution < 1.29 is 24.5 Å². The van der Waals surface area contributed by atoms with Gasteiger partial charge in [-0.15, -0.1) is 0 Å². The number of aromatic hydroxyl groups is 1. The van der Waals surface area contributed by atoms with Crippen LogP contribution >= 0.6 is 27.5 Å². The van der Waals surface area contributed by atoms with E-state index in [1.165, 1.54) is 37.4 Å². The zero-order valence-corrected chi connectivity index (χ0v) is 17.3. The second-order valence-corrected chi connectivity index (χ2v) is 7.17. The van der Waals surface area contributed by atoms with E-state index in [4.69, 9.17) is 27.2 Å². The Morgan fingerprint density at radius 2 is 1.90 bits per heavy atom. The van der Waals surface area contributed by atoms with Gasteiger partial charge in [-0.05, 0) is 58.4 Å². The van der Waals surface area contributed by atoms with Gasteiger partial charge in [0, 0.05) is 15.6 Å². The highest BCUT2D eigenvalue weighted by Crippen LogP contribution is 2.36. The van der Waals surface area contributed by atoms with Crippen LogP contribution in [-0.4, -0.2) is 34.1 Å². The molecule has 0 aliphatic rings. The number of carboxylic acid groups (broad SMARTS) is 1. The molecule has 0 saturated heterocycles. The summed E-state index contributed by atoms with van der Waals surface area (Å²) in [5, 5.41) is 19.5. The molecule has 0 bridgehead atoms. The lowest BCUT2D eigenvalue weighted by atomic mass is 9.98. The summed E-state index contributed by atoms with van der Waals surface area (Å²) in [5.41, 5.74) is 6.34.